The van der Waals surface area contributed by atoms with Gasteiger partial charge in [0.25, 0.3) is 0 Å². The number of sulfonamides is 1. The molecule has 17 heavy (non-hydrogen) atoms. The predicted molar refractivity (Wildman–Crippen MR) is 73.4 cm³/mol. The molecule has 0 rings (SSSR count). The molecule has 0 aliphatic rings. The molecular formula is C12H28N2O2S. The van der Waals surface area contributed by atoms with Gasteiger partial charge < -0.3 is 5.73 Å². The van der Waals surface area contributed by atoms with Crippen LogP contribution >= 0.6 is 0 Å². The summed E-state index contributed by atoms with van der Waals surface area (Å²) in [7, 11) is -1.60. The van der Waals surface area contributed by atoms with E-state index in [1.807, 2.05) is 34.6 Å². The first-order valence-electron chi connectivity index (χ1n) is 6.21. The summed E-state index contributed by atoms with van der Waals surface area (Å²) in [4.78, 5) is 0. The minimum Gasteiger partial charge on any atom is -0.329 e. The van der Waals surface area contributed by atoms with Gasteiger partial charge in [-0.3, -0.25) is 0 Å². The molecule has 2 N–H and O–H groups in total. The van der Waals surface area contributed by atoms with Crippen LogP contribution in [0.2, 0.25) is 0 Å². The summed E-state index contributed by atoms with van der Waals surface area (Å²) in [6.45, 7) is 10.1. The molecule has 0 bridgehead atoms. The standard InChI is InChI=1S/C12H28N2O2S/c1-7-12(8-2,9-13)14(6)17(15,16)10-11(3,4)5/h7-10,13H2,1-6H3. The number of nitrogens with zero attached hydrogens (tertiary/aromatic N) is 1. The maximum Gasteiger partial charge on any atom is 0.214 e. The average Bonchev–Trinajstić information content (AvgIpc) is 2.17. The van der Waals surface area contributed by atoms with Crippen LogP contribution in [0.1, 0.15) is 47.5 Å². The largest absolute Gasteiger partial charge is 0.329 e. The van der Waals surface area contributed by atoms with Gasteiger partial charge >= 0.3 is 0 Å². The normalized spacial score (nSPS) is 14.4. The molecule has 5 heteroatoms. The predicted octanol–water partition coefficient (Wildman–Crippen LogP) is 1.81. The van der Waals surface area contributed by atoms with Crippen LogP contribution in [0.3, 0.4) is 0 Å². The Labute approximate surface area is 107 Å². The fraction of sp³-hybridized carbons (Fsp3) is 1.00. The lowest BCUT2D eigenvalue weighted by Crippen LogP contribution is -2.55. The lowest BCUT2D eigenvalue weighted by molar-refractivity contribution is 0.205. The molecule has 0 aliphatic carbocycles. The van der Waals surface area contributed by atoms with Crippen molar-refractivity contribution >= 4 is 10.0 Å². The van der Waals surface area contributed by atoms with Crippen LogP contribution in [-0.4, -0.2) is 37.6 Å². The van der Waals surface area contributed by atoms with Gasteiger partial charge in [-0.05, 0) is 18.3 Å². The zero-order valence-electron chi connectivity index (χ0n) is 12.1. The van der Waals surface area contributed by atoms with Crippen molar-refractivity contribution in [1.29, 1.82) is 0 Å². The molecule has 0 radical (unpaired) electrons. The molecule has 0 aromatic heterocycles. The molecule has 0 saturated carbocycles. The van der Waals surface area contributed by atoms with E-state index in [1.54, 1.807) is 7.05 Å². The molecule has 0 aromatic carbocycles. The number of hydrogen-bond acceptors (Lipinski definition) is 3. The third-order valence-electron chi connectivity index (χ3n) is 3.40. The van der Waals surface area contributed by atoms with Crippen molar-refractivity contribution in [2.45, 2.75) is 53.0 Å². The average molecular weight is 264 g/mol. The lowest BCUT2D eigenvalue weighted by Gasteiger charge is -2.40. The molecule has 0 atom stereocenters. The molecule has 0 aliphatic heterocycles. The summed E-state index contributed by atoms with van der Waals surface area (Å²) in [5, 5.41) is 0. The van der Waals surface area contributed by atoms with Crippen molar-refractivity contribution < 1.29 is 8.42 Å². The first-order chi connectivity index (χ1) is 7.54. The Hall–Kier alpha value is -0.130. The van der Waals surface area contributed by atoms with Gasteiger partial charge in [-0.2, -0.15) is 4.31 Å². The molecule has 0 fully saturated rings. The summed E-state index contributed by atoms with van der Waals surface area (Å²) in [6.07, 6.45) is 1.47. The molecule has 0 saturated heterocycles. The van der Waals surface area contributed by atoms with Crippen molar-refractivity contribution in [3.8, 4) is 0 Å². The Morgan fingerprint density at radius 3 is 1.76 bits per heavy atom. The van der Waals surface area contributed by atoms with Gasteiger partial charge in [0.1, 0.15) is 0 Å². The van der Waals surface area contributed by atoms with Crippen LogP contribution in [0.25, 0.3) is 0 Å². The summed E-state index contributed by atoms with van der Waals surface area (Å²) in [5.74, 6) is 0.151. The molecule has 4 nitrogen and oxygen atoms in total. The third-order valence-corrected chi connectivity index (χ3v) is 5.85. The summed E-state index contributed by atoms with van der Waals surface area (Å²) in [5.41, 5.74) is 5.10. The van der Waals surface area contributed by atoms with E-state index >= 15 is 0 Å². The summed E-state index contributed by atoms with van der Waals surface area (Å²) in [6, 6.07) is 0. The fourth-order valence-corrected chi connectivity index (χ4v) is 4.26. The SMILES string of the molecule is CCC(CC)(CN)N(C)S(=O)(=O)CC(C)(C)C. The van der Waals surface area contributed by atoms with Crippen molar-refractivity contribution in [3.63, 3.8) is 0 Å². The van der Waals surface area contributed by atoms with Gasteiger partial charge in [-0.15, -0.1) is 0 Å². The molecule has 0 amide bonds. The van der Waals surface area contributed by atoms with Crippen LogP contribution in [0, 0.1) is 5.41 Å². The highest BCUT2D eigenvalue weighted by molar-refractivity contribution is 7.89. The molecule has 0 unspecified atom stereocenters. The van der Waals surface area contributed by atoms with Gasteiger partial charge in [-0.25, -0.2) is 8.42 Å². The Morgan fingerprint density at radius 1 is 1.12 bits per heavy atom. The molecule has 0 heterocycles. The first kappa shape index (κ1) is 16.9. The number of nitrogens with two attached hydrogens (primary N) is 1. The van der Waals surface area contributed by atoms with E-state index in [0.29, 0.717) is 6.54 Å². The molecule has 104 valence electrons. The first-order valence-corrected chi connectivity index (χ1v) is 7.82. The maximum atomic E-state index is 12.3. The van der Waals surface area contributed by atoms with Crippen LogP contribution in [0.4, 0.5) is 0 Å². The molecule has 0 spiro atoms. The second-order valence-corrected chi connectivity index (χ2v) is 7.92. The lowest BCUT2D eigenvalue weighted by atomic mass is 9.93. The number of hydrogen-bond donors (Lipinski definition) is 1. The van der Waals surface area contributed by atoms with E-state index in [9.17, 15) is 8.42 Å². The molecule has 0 aromatic rings. The topological polar surface area (TPSA) is 63.4 Å². The van der Waals surface area contributed by atoms with Gasteiger partial charge in [0.15, 0.2) is 0 Å². The monoisotopic (exact) mass is 264 g/mol. The highest BCUT2D eigenvalue weighted by Crippen LogP contribution is 2.27. The zero-order valence-corrected chi connectivity index (χ0v) is 12.9. The van der Waals surface area contributed by atoms with E-state index < -0.39 is 15.6 Å². The van der Waals surface area contributed by atoms with Gasteiger partial charge in [0, 0.05) is 19.1 Å². The summed E-state index contributed by atoms with van der Waals surface area (Å²) >= 11 is 0. The maximum absolute atomic E-state index is 12.3. The zero-order chi connectivity index (χ0) is 13.9. The minimum absolute atomic E-state index is 0.151. The van der Waals surface area contributed by atoms with Gasteiger partial charge in [0.05, 0.1) is 5.75 Å². The third kappa shape index (κ3) is 4.23. The van der Waals surface area contributed by atoms with Crippen molar-refractivity contribution in [2.24, 2.45) is 11.1 Å². The number of likely N-dealkylation sites (N-methyl/N-ethyl adjacent to an activating group) is 1. The van der Waals surface area contributed by atoms with Crippen molar-refractivity contribution in [1.82, 2.24) is 4.31 Å². The summed E-state index contributed by atoms with van der Waals surface area (Å²) < 4.78 is 26.2. The second kappa shape index (κ2) is 5.67. The smallest absolute Gasteiger partial charge is 0.214 e. The fourth-order valence-electron chi connectivity index (χ4n) is 2.05. The van der Waals surface area contributed by atoms with E-state index in [0.717, 1.165) is 12.8 Å². The van der Waals surface area contributed by atoms with Gasteiger partial charge in [0.2, 0.25) is 10.0 Å². The second-order valence-electron chi connectivity index (χ2n) is 5.92. The highest BCUT2D eigenvalue weighted by Gasteiger charge is 2.38. The van der Waals surface area contributed by atoms with Crippen LogP contribution in [-0.2, 0) is 10.0 Å². The minimum atomic E-state index is -3.26. The number of rotatable bonds is 6. The Bertz CT molecular complexity index is 319. The Morgan fingerprint density at radius 2 is 1.53 bits per heavy atom. The van der Waals surface area contributed by atoms with Crippen LogP contribution in [0.5, 0.6) is 0 Å². The van der Waals surface area contributed by atoms with Crippen molar-refractivity contribution in [2.75, 3.05) is 19.3 Å². The van der Waals surface area contributed by atoms with E-state index in [2.05, 4.69) is 0 Å². The Kier molecular flexibility index (Phi) is 5.63. The van der Waals surface area contributed by atoms with E-state index in [4.69, 9.17) is 5.73 Å². The quantitative estimate of drug-likeness (QED) is 0.796. The highest BCUT2D eigenvalue weighted by atomic mass is 32.2. The van der Waals surface area contributed by atoms with Crippen LogP contribution in [0.15, 0.2) is 0 Å². The van der Waals surface area contributed by atoms with Crippen molar-refractivity contribution in [3.05, 3.63) is 0 Å². The van der Waals surface area contributed by atoms with Gasteiger partial charge in [-0.1, -0.05) is 34.6 Å². The Balaban J connectivity index is 5.20. The van der Waals surface area contributed by atoms with E-state index in [1.165, 1.54) is 4.31 Å². The van der Waals surface area contributed by atoms with Crippen LogP contribution < -0.4 is 5.73 Å². The molecular weight excluding hydrogens is 236 g/mol. The van der Waals surface area contributed by atoms with E-state index in [-0.39, 0.29) is 11.2 Å².